The zero-order chi connectivity index (χ0) is 22.4. The highest BCUT2D eigenvalue weighted by atomic mass is 35.5. The second-order valence-corrected chi connectivity index (χ2v) is 8.07. The monoisotopic (exact) mass is 463 g/mol. The lowest BCUT2D eigenvalue weighted by Gasteiger charge is -2.25. The Morgan fingerprint density at radius 2 is 1.77 bits per heavy atom. The van der Waals surface area contributed by atoms with Gasteiger partial charge in [0.05, 0.1) is 0 Å². The molecule has 0 unspecified atom stereocenters. The molecule has 31 heavy (non-hydrogen) atoms. The van der Waals surface area contributed by atoms with Gasteiger partial charge in [-0.15, -0.1) is 0 Å². The third-order valence-electron chi connectivity index (χ3n) is 5.12. The Kier molecular flexibility index (Phi) is 7.76. The Labute approximate surface area is 190 Å². The highest BCUT2D eigenvalue weighted by Gasteiger charge is 2.36. The zero-order valence-electron chi connectivity index (χ0n) is 16.7. The zero-order valence-corrected chi connectivity index (χ0v) is 18.2. The van der Waals surface area contributed by atoms with Gasteiger partial charge >= 0.3 is 6.09 Å². The first-order valence-corrected chi connectivity index (χ1v) is 10.6. The summed E-state index contributed by atoms with van der Waals surface area (Å²) in [5, 5.41) is 3.39. The summed E-state index contributed by atoms with van der Waals surface area (Å²) in [5.74, 6) is -1.19. The van der Waals surface area contributed by atoms with E-state index in [0.717, 1.165) is 5.56 Å². The number of carbonyl (C=O) groups excluding carboxylic acids is 3. The predicted molar refractivity (Wildman–Crippen MR) is 118 cm³/mol. The molecule has 0 aromatic heterocycles. The second kappa shape index (κ2) is 10.5. The van der Waals surface area contributed by atoms with Crippen LogP contribution in [0.5, 0.6) is 0 Å². The molecule has 1 aliphatic rings. The maximum Gasteiger partial charge on any atom is 0.410 e. The van der Waals surface area contributed by atoms with Crippen molar-refractivity contribution in [3.8, 4) is 0 Å². The molecule has 3 amide bonds. The number of ether oxygens (including phenoxy) is 1. The van der Waals surface area contributed by atoms with Crippen LogP contribution >= 0.6 is 23.2 Å². The molecule has 1 aliphatic heterocycles. The highest BCUT2D eigenvalue weighted by molar-refractivity contribution is 6.36. The number of amides is 3. The predicted octanol–water partition coefficient (Wildman–Crippen LogP) is 3.31. The van der Waals surface area contributed by atoms with Crippen molar-refractivity contribution in [2.45, 2.75) is 38.0 Å². The van der Waals surface area contributed by atoms with Crippen LogP contribution in [0.1, 0.15) is 24.0 Å². The first kappa shape index (κ1) is 22.9. The molecule has 2 aromatic rings. The van der Waals surface area contributed by atoms with Gasteiger partial charge < -0.3 is 15.8 Å². The number of nitrogens with zero attached hydrogens (tertiary/aromatic N) is 1. The molecule has 0 radical (unpaired) electrons. The van der Waals surface area contributed by atoms with Crippen molar-refractivity contribution in [3.63, 3.8) is 0 Å². The van der Waals surface area contributed by atoms with E-state index in [-0.39, 0.29) is 13.0 Å². The number of rotatable bonds is 7. The molecule has 9 heteroatoms. The van der Waals surface area contributed by atoms with Crippen LogP contribution in [-0.4, -0.2) is 41.4 Å². The quantitative estimate of drug-likeness (QED) is 0.657. The van der Waals surface area contributed by atoms with Gasteiger partial charge in [0.15, 0.2) is 0 Å². The summed E-state index contributed by atoms with van der Waals surface area (Å²) in [6.07, 6.45) is 0.581. The molecule has 1 fully saturated rings. The molecule has 3 rings (SSSR count). The van der Waals surface area contributed by atoms with Crippen LogP contribution in [0.15, 0.2) is 48.5 Å². The number of likely N-dealkylation sites (tertiary alicyclic amines) is 1. The molecule has 164 valence electrons. The van der Waals surface area contributed by atoms with E-state index in [0.29, 0.717) is 35.0 Å². The highest BCUT2D eigenvalue weighted by Crippen LogP contribution is 2.26. The van der Waals surface area contributed by atoms with Crippen molar-refractivity contribution >= 4 is 41.1 Å². The van der Waals surface area contributed by atoms with Crippen molar-refractivity contribution < 1.29 is 19.1 Å². The van der Waals surface area contributed by atoms with Crippen LogP contribution in [0, 0.1) is 0 Å². The Hall–Kier alpha value is -2.77. The van der Waals surface area contributed by atoms with Crippen molar-refractivity contribution in [1.29, 1.82) is 0 Å². The van der Waals surface area contributed by atoms with Gasteiger partial charge in [-0.25, -0.2) is 4.79 Å². The smallest absolute Gasteiger partial charge is 0.410 e. The minimum Gasteiger partial charge on any atom is -0.445 e. The van der Waals surface area contributed by atoms with E-state index in [1.54, 1.807) is 18.2 Å². The molecule has 2 aromatic carbocycles. The standard InChI is InChI=1S/C22H23Cl2N3O4/c23-16-8-4-9-17(24)15(16)12-18(20(25)28)26-21(29)19-10-5-11-27(19)22(30)31-13-14-6-2-1-3-7-14/h1-4,6-9,18-19H,5,10-13H2,(H2,25,28)(H,26,29)/t18-,19-/m1/s1. The molecule has 7 nitrogen and oxygen atoms in total. The van der Waals surface area contributed by atoms with E-state index in [9.17, 15) is 14.4 Å². The second-order valence-electron chi connectivity index (χ2n) is 7.26. The Bertz CT molecular complexity index is 935. The van der Waals surface area contributed by atoms with E-state index in [1.807, 2.05) is 30.3 Å². The van der Waals surface area contributed by atoms with Crippen LogP contribution in [0.25, 0.3) is 0 Å². The lowest BCUT2D eigenvalue weighted by molar-refractivity contribution is -0.130. The number of hydrogen-bond donors (Lipinski definition) is 2. The molecular weight excluding hydrogens is 441 g/mol. The van der Waals surface area contributed by atoms with Crippen molar-refractivity contribution in [1.82, 2.24) is 10.2 Å². The maximum absolute atomic E-state index is 12.9. The summed E-state index contributed by atoms with van der Waals surface area (Å²) in [4.78, 5) is 38.7. The lowest BCUT2D eigenvalue weighted by atomic mass is 10.0. The van der Waals surface area contributed by atoms with E-state index in [4.69, 9.17) is 33.7 Å². The molecule has 0 spiro atoms. The number of nitrogens with one attached hydrogen (secondary N) is 1. The van der Waals surface area contributed by atoms with Crippen LogP contribution in [0.3, 0.4) is 0 Å². The van der Waals surface area contributed by atoms with Crippen molar-refractivity contribution in [3.05, 3.63) is 69.7 Å². The lowest BCUT2D eigenvalue weighted by Crippen LogP contribution is -2.53. The summed E-state index contributed by atoms with van der Waals surface area (Å²) in [7, 11) is 0. The van der Waals surface area contributed by atoms with E-state index >= 15 is 0 Å². The minimum absolute atomic E-state index is 0.0464. The minimum atomic E-state index is -1.02. The maximum atomic E-state index is 12.9. The SMILES string of the molecule is NC(=O)[C@@H](Cc1c(Cl)cccc1Cl)NC(=O)[C@H]1CCCN1C(=O)OCc1ccccc1. The molecule has 1 saturated heterocycles. The Morgan fingerprint density at radius 1 is 1.10 bits per heavy atom. The van der Waals surface area contributed by atoms with Crippen molar-refractivity contribution in [2.75, 3.05) is 6.54 Å². The Balaban J connectivity index is 1.64. The summed E-state index contributed by atoms with van der Waals surface area (Å²) < 4.78 is 5.35. The van der Waals surface area contributed by atoms with Crippen LogP contribution in [0.4, 0.5) is 4.79 Å². The average Bonchev–Trinajstić information content (AvgIpc) is 3.24. The van der Waals surface area contributed by atoms with Gasteiger partial charge in [-0.3, -0.25) is 14.5 Å². The topological polar surface area (TPSA) is 102 Å². The fraction of sp³-hybridized carbons (Fsp3) is 0.318. The summed E-state index contributed by atoms with van der Waals surface area (Å²) >= 11 is 12.3. The molecule has 2 atom stereocenters. The number of nitrogens with two attached hydrogens (primary N) is 1. The van der Waals surface area contributed by atoms with Gasteiger partial charge in [0.25, 0.3) is 0 Å². The number of halogens is 2. The fourth-order valence-electron chi connectivity index (χ4n) is 3.48. The van der Waals surface area contributed by atoms with Crippen LogP contribution < -0.4 is 11.1 Å². The largest absolute Gasteiger partial charge is 0.445 e. The molecule has 0 aliphatic carbocycles. The van der Waals surface area contributed by atoms with Gasteiger partial charge in [-0.1, -0.05) is 59.6 Å². The van der Waals surface area contributed by atoms with Gasteiger partial charge in [-0.2, -0.15) is 0 Å². The van der Waals surface area contributed by atoms with Gasteiger partial charge in [0.2, 0.25) is 11.8 Å². The molecule has 1 heterocycles. The molecule has 3 N–H and O–H groups in total. The summed E-state index contributed by atoms with van der Waals surface area (Å²) in [6.45, 7) is 0.503. The third-order valence-corrected chi connectivity index (χ3v) is 5.83. The van der Waals surface area contributed by atoms with E-state index in [1.165, 1.54) is 4.90 Å². The molecule has 0 saturated carbocycles. The third kappa shape index (κ3) is 5.89. The number of carbonyl (C=O) groups is 3. The van der Waals surface area contributed by atoms with E-state index in [2.05, 4.69) is 5.32 Å². The van der Waals surface area contributed by atoms with Gasteiger partial charge in [0.1, 0.15) is 18.7 Å². The summed E-state index contributed by atoms with van der Waals surface area (Å²) in [5.41, 5.74) is 6.86. The average molecular weight is 464 g/mol. The van der Waals surface area contributed by atoms with Crippen molar-refractivity contribution in [2.24, 2.45) is 5.73 Å². The fourth-order valence-corrected chi connectivity index (χ4v) is 4.03. The van der Waals surface area contributed by atoms with Gasteiger partial charge in [0, 0.05) is 23.0 Å². The van der Waals surface area contributed by atoms with Crippen LogP contribution in [-0.2, 0) is 27.4 Å². The molecule has 0 bridgehead atoms. The van der Waals surface area contributed by atoms with E-state index < -0.39 is 30.0 Å². The first-order chi connectivity index (χ1) is 14.9. The van der Waals surface area contributed by atoms with Gasteiger partial charge in [-0.05, 0) is 36.1 Å². The number of benzene rings is 2. The molecular formula is C22H23Cl2N3O4. The number of primary amides is 1. The summed E-state index contributed by atoms with van der Waals surface area (Å²) in [6, 6.07) is 12.5. The normalized spacial score (nSPS) is 16.6. The first-order valence-electron chi connectivity index (χ1n) is 9.86. The Morgan fingerprint density at radius 3 is 2.42 bits per heavy atom. The van der Waals surface area contributed by atoms with Crippen LogP contribution in [0.2, 0.25) is 10.0 Å². The number of hydrogen-bond acceptors (Lipinski definition) is 4.